The zero-order valence-electron chi connectivity index (χ0n) is 14.0. The van der Waals surface area contributed by atoms with Crippen molar-refractivity contribution in [2.24, 2.45) is 0 Å². The van der Waals surface area contributed by atoms with Gasteiger partial charge >= 0.3 is 0 Å². The summed E-state index contributed by atoms with van der Waals surface area (Å²) in [5, 5.41) is 0.891. The van der Waals surface area contributed by atoms with Gasteiger partial charge in [0, 0.05) is 37.1 Å². The van der Waals surface area contributed by atoms with Gasteiger partial charge in [0.05, 0.1) is 17.4 Å². The maximum absolute atomic E-state index is 13.9. The van der Waals surface area contributed by atoms with Gasteiger partial charge in [0.15, 0.2) is 0 Å². The Kier molecular flexibility index (Phi) is 3.75. The Morgan fingerprint density at radius 1 is 1.24 bits per heavy atom. The van der Waals surface area contributed by atoms with Crippen molar-refractivity contribution in [2.45, 2.75) is 25.4 Å². The van der Waals surface area contributed by atoms with Crippen molar-refractivity contribution in [3.05, 3.63) is 54.6 Å². The van der Waals surface area contributed by atoms with Crippen LogP contribution in [0.1, 0.15) is 30.1 Å². The third kappa shape index (κ3) is 2.99. The summed E-state index contributed by atoms with van der Waals surface area (Å²) in [5.41, 5.74) is 1.07. The van der Waals surface area contributed by atoms with Crippen LogP contribution >= 0.6 is 0 Å². The third-order valence-electron chi connectivity index (χ3n) is 4.79. The smallest absolute Gasteiger partial charge is 0.255 e. The summed E-state index contributed by atoms with van der Waals surface area (Å²) in [6.07, 6.45) is 7.76. The molecule has 0 saturated carbocycles. The van der Waals surface area contributed by atoms with Crippen LogP contribution in [-0.2, 0) is 0 Å². The van der Waals surface area contributed by atoms with E-state index in [1.54, 1.807) is 30.4 Å². The van der Waals surface area contributed by atoms with Crippen molar-refractivity contribution >= 4 is 16.9 Å². The first-order valence-electron chi connectivity index (χ1n) is 8.39. The molecule has 4 rings (SSSR count). The highest BCUT2D eigenvalue weighted by Gasteiger charge is 2.31. The Labute approximate surface area is 145 Å². The van der Waals surface area contributed by atoms with E-state index in [0.29, 0.717) is 31.5 Å². The molecule has 128 valence electrons. The number of halogens is 1. The van der Waals surface area contributed by atoms with Crippen molar-refractivity contribution in [3.8, 4) is 5.69 Å². The molecule has 1 saturated heterocycles. The van der Waals surface area contributed by atoms with Crippen molar-refractivity contribution in [3.63, 3.8) is 0 Å². The highest BCUT2D eigenvalue weighted by Crippen LogP contribution is 2.27. The van der Waals surface area contributed by atoms with Gasteiger partial charge in [-0.05, 0) is 44.0 Å². The van der Waals surface area contributed by atoms with Crippen molar-refractivity contribution < 1.29 is 9.18 Å². The summed E-state index contributed by atoms with van der Waals surface area (Å²) >= 11 is 0. The normalized spacial score (nSPS) is 17.0. The quantitative estimate of drug-likeness (QED) is 0.720. The second-order valence-electron chi connectivity index (χ2n) is 6.74. The molecule has 4 heterocycles. The Morgan fingerprint density at radius 3 is 2.76 bits per heavy atom. The number of hydrogen-bond donors (Lipinski definition) is 0. The number of aromatic nitrogens is 3. The SMILES string of the molecule is CC1(F)CCN(C(=O)c2cnc3c(ccn3-c3cccnc3)c2)CC1. The molecule has 0 spiro atoms. The number of piperidine rings is 1. The molecule has 0 unspecified atom stereocenters. The highest BCUT2D eigenvalue weighted by molar-refractivity contribution is 5.97. The van der Waals surface area contributed by atoms with Crippen molar-refractivity contribution in [1.82, 2.24) is 19.4 Å². The van der Waals surface area contributed by atoms with Crippen LogP contribution < -0.4 is 0 Å². The Bertz CT molecular complexity index is 910. The lowest BCUT2D eigenvalue weighted by Crippen LogP contribution is -2.43. The number of carbonyl (C=O) groups is 1. The zero-order chi connectivity index (χ0) is 17.4. The lowest BCUT2D eigenvalue weighted by atomic mass is 9.95. The average Bonchev–Trinajstić information content (AvgIpc) is 3.05. The predicted molar refractivity (Wildman–Crippen MR) is 93.5 cm³/mol. The molecule has 6 heteroatoms. The predicted octanol–water partition coefficient (Wildman–Crippen LogP) is 3.38. The van der Waals surface area contributed by atoms with E-state index in [1.165, 1.54) is 0 Å². The first-order valence-corrected chi connectivity index (χ1v) is 8.39. The topological polar surface area (TPSA) is 51.0 Å². The van der Waals surface area contributed by atoms with E-state index in [-0.39, 0.29) is 5.91 Å². The van der Waals surface area contributed by atoms with Crippen LogP contribution in [0.25, 0.3) is 16.7 Å². The van der Waals surface area contributed by atoms with E-state index < -0.39 is 5.67 Å². The molecule has 3 aromatic heterocycles. The van der Waals surface area contributed by atoms with Crippen LogP contribution in [0.15, 0.2) is 49.1 Å². The van der Waals surface area contributed by atoms with Gasteiger partial charge in [-0.1, -0.05) is 0 Å². The summed E-state index contributed by atoms with van der Waals surface area (Å²) in [6, 6.07) is 7.60. The molecule has 0 bridgehead atoms. The third-order valence-corrected chi connectivity index (χ3v) is 4.79. The van der Waals surface area contributed by atoms with Gasteiger partial charge in [-0.3, -0.25) is 14.3 Å². The lowest BCUT2D eigenvalue weighted by Gasteiger charge is -2.34. The van der Waals surface area contributed by atoms with Crippen LogP contribution in [0, 0.1) is 0 Å². The standard InChI is InChI=1S/C19H19FN4O/c1-19(20)5-9-23(10-6-19)18(25)15-11-14-4-8-24(17(14)22-12-15)16-3-2-7-21-13-16/h2-4,7-8,11-13H,5-6,9-10H2,1H3. The van der Waals surface area contributed by atoms with Crippen LogP contribution in [0.3, 0.4) is 0 Å². The minimum Gasteiger partial charge on any atom is -0.338 e. The van der Waals surface area contributed by atoms with E-state index in [1.807, 2.05) is 35.0 Å². The molecule has 25 heavy (non-hydrogen) atoms. The highest BCUT2D eigenvalue weighted by atomic mass is 19.1. The van der Waals surface area contributed by atoms with Crippen LogP contribution in [0.2, 0.25) is 0 Å². The first kappa shape index (κ1) is 15.7. The second-order valence-corrected chi connectivity index (χ2v) is 6.74. The fraction of sp³-hybridized carbons (Fsp3) is 0.316. The summed E-state index contributed by atoms with van der Waals surface area (Å²) < 4.78 is 15.9. The van der Waals surface area contributed by atoms with Crippen molar-refractivity contribution in [1.29, 1.82) is 0 Å². The Balaban J connectivity index is 1.61. The summed E-state index contributed by atoms with van der Waals surface area (Å²) in [7, 11) is 0. The summed E-state index contributed by atoms with van der Waals surface area (Å²) in [5.74, 6) is -0.0842. The molecule has 1 aliphatic heterocycles. The van der Waals surface area contributed by atoms with Gasteiger partial charge in [-0.2, -0.15) is 0 Å². The largest absolute Gasteiger partial charge is 0.338 e. The summed E-state index contributed by atoms with van der Waals surface area (Å²) in [6.45, 7) is 2.49. The first-order chi connectivity index (χ1) is 12.0. The summed E-state index contributed by atoms with van der Waals surface area (Å²) in [4.78, 5) is 23.0. The average molecular weight is 338 g/mol. The molecular weight excluding hydrogens is 319 g/mol. The van der Waals surface area contributed by atoms with Crippen molar-refractivity contribution in [2.75, 3.05) is 13.1 Å². The van der Waals surface area contributed by atoms with Crippen LogP contribution in [0.4, 0.5) is 4.39 Å². The second kappa shape index (κ2) is 5.95. The Hall–Kier alpha value is -2.76. The molecule has 0 N–H and O–H groups in total. The molecule has 1 amide bonds. The molecule has 0 atom stereocenters. The molecule has 5 nitrogen and oxygen atoms in total. The van der Waals surface area contributed by atoms with Crippen LogP contribution in [-0.4, -0.2) is 44.1 Å². The van der Waals surface area contributed by atoms with E-state index in [4.69, 9.17) is 0 Å². The number of rotatable bonds is 2. The molecule has 1 aliphatic rings. The van der Waals surface area contributed by atoms with E-state index in [2.05, 4.69) is 9.97 Å². The number of amides is 1. The number of pyridine rings is 2. The maximum atomic E-state index is 13.9. The number of alkyl halides is 1. The fourth-order valence-corrected chi connectivity index (χ4v) is 3.20. The van der Waals surface area contributed by atoms with Crippen LogP contribution in [0.5, 0.6) is 0 Å². The molecule has 0 radical (unpaired) electrons. The van der Waals surface area contributed by atoms with E-state index >= 15 is 0 Å². The number of likely N-dealkylation sites (tertiary alicyclic amines) is 1. The lowest BCUT2D eigenvalue weighted by molar-refractivity contribution is 0.0504. The van der Waals surface area contributed by atoms with E-state index in [9.17, 15) is 9.18 Å². The minimum absolute atomic E-state index is 0.0842. The van der Waals surface area contributed by atoms with Gasteiger partial charge in [0.25, 0.3) is 5.91 Å². The number of nitrogens with zero attached hydrogens (tertiary/aromatic N) is 4. The fourth-order valence-electron chi connectivity index (χ4n) is 3.20. The maximum Gasteiger partial charge on any atom is 0.255 e. The zero-order valence-corrected chi connectivity index (χ0v) is 14.0. The minimum atomic E-state index is -1.17. The van der Waals surface area contributed by atoms with Gasteiger partial charge in [0.1, 0.15) is 11.3 Å². The van der Waals surface area contributed by atoms with Gasteiger partial charge < -0.3 is 4.90 Å². The molecule has 0 aliphatic carbocycles. The van der Waals surface area contributed by atoms with Gasteiger partial charge in [-0.15, -0.1) is 0 Å². The monoisotopic (exact) mass is 338 g/mol. The Morgan fingerprint density at radius 2 is 2.04 bits per heavy atom. The molecule has 1 fully saturated rings. The van der Waals surface area contributed by atoms with Gasteiger partial charge in [-0.25, -0.2) is 9.37 Å². The molecule has 0 aromatic carbocycles. The molecular formula is C19H19FN4O. The molecule has 3 aromatic rings. The number of fused-ring (bicyclic) bond motifs is 1. The van der Waals surface area contributed by atoms with Gasteiger partial charge in [0.2, 0.25) is 0 Å². The number of hydrogen-bond acceptors (Lipinski definition) is 3. The number of carbonyl (C=O) groups excluding carboxylic acids is 1. The van der Waals surface area contributed by atoms with E-state index in [0.717, 1.165) is 16.7 Å².